The van der Waals surface area contributed by atoms with E-state index in [0.717, 1.165) is 0 Å². The SMILES string of the molecule is COc1ccc(NC(=O)C2=C(C)N(c3ccc(OC)cc3)C(=O)[C@H](C(C)=O)[C@H]2c2ccc(Cl)cc2)cc1. The molecular weight excluding hydrogens is 492 g/mol. The van der Waals surface area contributed by atoms with Crippen LogP contribution in [0.25, 0.3) is 0 Å². The number of anilines is 2. The summed E-state index contributed by atoms with van der Waals surface area (Å²) in [4.78, 5) is 42.1. The van der Waals surface area contributed by atoms with E-state index in [2.05, 4.69) is 5.32 Å². The lowest BCUT2D eigenvalue weighted by Crippen LogP contribution is -2.48. The Balaban J connectivity index is 1.88. The van der Waals surface area contributed by atoms with E-state index < -0.39 is 23.7 Å². The van der Waals surface area contributed by atoms with E-state index in [9.17, 15) is 14.4 Å². The monoisotopic (exact) mass is 518 g/mol. The van der Waals surface area contributed by atoms with Crippen molar-refractivity contribution in [2.24, 2.45) is 5.92 Å². The maximum atomic E-state index is 13.8. The van der Waals surface area contributed by atoms with Gasteiger partial charge in [-0.15, -0.1) is 0 Å². The second kappa shape index (κ2) is 10.9. The third-order valence-electron chi connectivity index (χ3n) is 6.45. The van der Waals surface area contributed by atoms with Crippen LogP contribution in [-0.4, -0.2) is 31.8 Å². The van der Waals surface area contributed by atoms with Crippen molar-refractivity contribution < 1.29 is 23.9 Å². The van der Waals surface area contributed by atoms with Crippen molar-refractivity contribution in [2.45, 2.75) is 19.8 Å². The number of hydrogen-bond acceptors (Lipinski definition) is 5. The number of ketones is 1. The van der Waals surface area contributed by atoms with Crippen LogP contribution in [0.4, 0.5) is 11.4 Å². The molecule has 2 amide bonds. The highest BCUT2D eigenvalue weighted by molar-refractivity contribution is 6.30. The summed E-state index contributed by atoms with van der Waals surface area (Å²) in [6, 6.07) is 20.7. The number of amides is 2. The fourth-order valence-corrected chi connectivity index (χ4v) is 4.75. The molecule has 37 heavy (non-hydrogen) atoms. The van der Waals surface area contributed by atoms with Crippen molar-refractivity contribution in [3.63, 3.8) is 0 Å². The number of hydrogen-bond donors (Lipinski definition) is 1. The zero-order valence-corrected chi connectivity index (χ0v) is 21.7. The fraction of sp³-hybridized carbons (Fsp3) is 0.207. The number of halogens is 1. The largest absolute Gasteiger partial charge is 0.497 e. The molecule has 1 aliphatic heterocycles. The highest BCUT2D eigenvalue weighted by Gasteiger charge is 2.46. The molecule has 7 nitrogen and oxygen atoms in total. The standard InChI is InChI=1S/C29H27ClN2O5/c1-17-25(28(34)31-21-9-13-23(36-3)14-10-21)27(19-5-7-20(30)8-6-19)26(18(2)33)29(35)32(17)22-11-15-24(37-4)16-12-22/h5-16,26-27H,1-4H3,(H,31,34)/t26-,27+/m1/s1. The zero-order chi connectivity index (χ0) is 26.7. The number of carbonyl (C=O) groups excluding carboxylic acids is 3. The van der Waals surface area contributed by atoms with Gasteiger partial charge in [0.2, 0.25) is 5.91 Å². The molecule has 0 aliphatic carbocycles. The number of nitrogens with zero attached hydrogens (tertiary/aromatic N) is 1. The maximum absolute atomic E-state index is 13.8. The molecule has 8 heteroatoms. The Morgan fingerprint density at radius 3 is 1.92 bits per heavy atom. The molecule has 4 rings (SSSR count). The van der Waals surface area contributed by atoms with Gasteiger partial charge in [0.15, 0.2) is 0 Å². The molecular formula is C29H27ClN2O5. The van der Waals surface area contributed by atoms with Crippen molar-refractivity contribution >= 4 is 40.6 Å². The van der Waals surface area contributed by atoms with Gasteiger partial charge in [-0.25, -0.2) is 0 Å². The van der Waals surface area contributed by atoms with Gasteiger partial charge in [0, 0.05) is 33.6 Å². The molecule has 1 heterocycles. The van der Waals surface area contributed by atoms with Crippen molar-refractivity contribution in [1.82, 2.24) is 0 Å². The summed E-state index contributed by atoms with van der Waals surface area (Å²) in [5, 5.41) is 3.43. The highest BCUT2D eigenvalue weighted by Crippen LogP contribution is 2.43. The van der Waals surface area contributed by atoms with Gasteiger partial charge in [-0.3, -0.25) is 19.3 Å². The molecule has 0 saturated carbocycles. The number of nitrogens with one attached hydrogen (secondary N) is 1. The summed E-state index contributed by atoms with van der Waals surface area (Å²) in [5.41, 5.74) is 2.46. The topological polar surface area (TPSA) is 84.9 Å². The summed E-state index contributed by atoms with van der Waals surface area (Å²) in [7, 11) is 3.11. The number of allylic oxidation sites excluding steroid dienone is 1. The molecule has 0 bridgehead atoms. The van der Waals surface area contributed by atoms with Gasteiger partial charge >= 0.3 is 0 Å². The molecule has 0 spiro atoms. The predicted octanol–water partition coefficient (Wildman–Crippen LogP) is 5.61. The Hall–Kier alpha value is -4.10. The van der Waals surface area contributed by atoms with Gasteiger partial charge < -0.3 is 14.8 Å². The number of carbonyl (C=O) groups is 3. The average molecular weight is 519 g/mol. The van der Waals surface area contributed by atoms with Crippen LogP contribution < -0.4 is 19.7 Å². The molecule has 3 aromatic rings. The van der Waals surface area contributed by atoms with Crippen LogP contribution in [0.2, 0.25) is 5.02 Å². The van der Waals surface area contributed by atoms with Crippen LogP contribution in [-0.2, 0) is 14.4 Å². The Labute approximate surface area is 220 Å². The van der Waals surface area contributed by atoms with Gasteiger partial charge in [0.05, 0.1) is 14.2 Å². The molecule has 0 fully saturated rings. The van der Waals surface area contributed by atoms with E-state index in [1.54, 1.807) is 93.9 Å². The summed E-state index contributed by atoms with van der Waals surface area (Å²) in [6.07, 6.45) is 0. The smallest absolute Gasteiger partial charge is 0.254 e. The third kappa shape index (κ3) is 5.22. The van der Waals surface area contributed by atoms with Crippen LogP contribution in [0.3, 0.4) is 0 Å². The maximum Gasteiger partial charge on any atom is 0.254 e. The second-order valence-electron chi connectivity index (χ2n) is 8.67. The second-order valence-corrected chi connectivity index (χ2v) is 9.11. The lowest BCUT2D eigenvalue weighted by atomic mass is 9.74. The van der Waals surface area contributed by atoms with E-state index in [4.69, 9.17) is 21.1 Å². The lowest BCUT2D eigenvalue weighted by Gasteiger charge is -2.39. The number of rotatable bonds is 7. The number of benzene rings is 3. The summed E-state index contributed by atoms with van der Waals surface area (Å²) in [6.45, 7) is 3.08. The molecule has 0 unspecified atom stereocenters. The summed E-state index contributed by atoms with van der Waals surface area (Å²) in [5.74, 6) is -1.80. The minimum absolute atomic E-state index is 0.314. The average Bonchev–Trinajstić information content (AvgIpc) is 2.89. The number of methoxy groups -OCH3 is 2. The highest BCUT2D eigenvalue weighted by atomic mass is 35.5. The van der Waals surface area contributed by atoms with E-state index in [1.165, 1.54) is 11.8 Å². The van der Waals surface area contributed by atoms with E-state index in [-0.39, 0.29) is 5.78 Å². The Morgan fingerprint density at radius 2 is 1.41 bits per heavy atom. The van der Waals surface area contributed by atoms with E-state index in [1.807, 2.05) is 0 Å². The molecule has 2 atom stereocenters. The van der Waals surface area contributed by atoms with Gasteiger partial charge in [-0.1, -0.05) is 23.7 Å². The van der Waals surface area contributed by atoms with E-state index in [0.29, 0.717) is 44.7 Å². The number of ether oxygens (including phenoxy) is 2. The predicted molar refractivity (Wildman–Crippen MR) is 143 cm³/mol. The normalized spacial score (nSPS) is 17.4. The van der Waals surface area contributed by atoms with Crippen molar-refractivity contribution in [3.05, 3.63) is 94.7 Å². The Morgan fingerprint density at radius 1 is 0.865 bits per heavy atom. The summed E-state index contributed by atoms with van der Waals surface area (Å²) >= 11 is 6.11. The van der Waals surface area contributed by atoms with Crippen LogP contribution in [0.1, 0.15) is 25.3 Å². The van der Waals surface area contributed by atoms with Crippen LogP contribution in [0.5, 0.6) is 11.5 Å². The molecule has 1 N–H and O–H groups in total. The molecule has 0 radical (unpaired) electrons. The summed E-state index contributed by atoms with van der Waals surface area (Å²) < 4.78 is 10.4. The minimum atomic E-state index is -1.11. The number of Topliss-reactive ketones (excluding diaryl/α,β-unsaturated/α-hetero) is 1. The Bertz CT molecular complexity index is 1350. The third-order valence-corrected chi connectivity index (χ3v) is 6.70. The van der Waals surface area contributed by atoms with Crippen molar-refractivity contribution in [1.29, 1.82) is 0 Å². The Kier molecular flexibility index (Phi) is 7.64. The quantitative estimate of drug-likeness (QED) is 0.411. The van der Waals surface area contributed by atoms with Gasteiger partial charge in [0.25, 0.3) is 5.91 Å². The van der Waals surface area contributed by atoms with Gasteiger partial charge in [-0.2, -0.15) is 0 Å². The van der Waals surface area contributed by atoms with Crippen LogP contribution in [0.15, 0.2) is 84.1 Å². The molecule has 3 aromatic carbocycles. The minimum Gasteiger partial charge on any atom is -0.497 e. The lowest BCUT2D eigenvalue weighted by molar-refractivity contribution is -0.132. The first-order valence-corrected chi connectivity index (χ1v) is 12.0. The first-order chi connectivity index (χ1) is 17.7. The van der Waals surface area contributed by atoms with Crippen LogP contribution >= 0.6 is 11.6 Å². The molecule has 0 aromatic heterocycles. The molecule has 0 saturated heterocycles. The first-order valence-electron chi connectivity index (χ1n) is 11.6. The first kappa shape index (κ1) is 26.0. The van der Waals surface area contributed by atoms with Crippen molar-refractivity contribution in [3.8, 4) is 11.5 Å². The fourth-order valence-electron chi connectivity index (χ4n) is 4.63. The van der Waals surface area contributed by atoms with Gasteiger partial charge in [0.1, 0.15) is 23.2 Å². The molecule has 190 valence electrons. The van der Waals surface area contributed by atoms with Crippen LogP contribution in [0, 0.1) is 5.92 Å². The van der Waals surface area contributed by atoms with Crippen molar-refractivity contribution in [2.75, 3.05) is 24.4 Å². The molecule has 1 aliphatic rings. The van der Waals surface area contributed by atoms with Gasteiger partial charge in [-0.05, 0) is 80.1 Å². The zero-order valence-electron chi connectivity index (χ0n) is 20.9. The van der Waals surface area contributed by atoms with E-state index >= 15 is 0 Å².